The Morgan fingerprint density at radius 1 is 0.529 bits per heavy atom. The van der Waals surface area contributed by atoms with E-state index in [1.165, 1.54) is 0 Å². The fourth-order valence-electron chi connectivity index (χ4n) is 4.13. The molecule has 0 aliphatic carbocycles. The third-order valence-electron chi connectivity index (χ3n) is 5.84. The van der Waals surface area contributed by atoms with Crippen LogP contribution in [0.15, 0.2) is 78.9 Å². The molecule has 5 heteroatoms. The average molecular weight is 457 g/mol. The van der Waals surface area contributed by atoms with Crippen LogP contribution < -0.4 is 0 Å². The van der Waals surface area contributed by atoms with Gasteiger partial charge in [0.25, 0.3) is 0 Å². The van der Waals surface area contributed by atoms with Crippen LogP contribution in [0, 0.1) is 0 Å². The maximum absolute atomic E-state index is 11.1. The van der Waals surface area contributed by atoms with Crippen LogP contribution in [0.1, 0.15) is 38.9 Å². The molecule has 0 bridgehead atoms. The minimum absolute atomic E-state index is 0.205. The van der Waals surface area contributed by atoms with Crippen LogP contribution >= 0.6 is 0 Å². The molecular formula is C29H28O5. The highest BCUT2D eigenvalue weighted by Gasteiger charge is 2.13. The summed E-state index contributed by atoms with van der Waals surface area (Å²) in [5, 5.41) is 40.5. The number of hydrogen-bond donors (Lipinski definition) is 4. The maximum atomic E-state index is 11.1. The quantitative estimate of drug-likeness (QED) is 0.284. The summed E-state index contributed by atoms with van der Waals surface area (Å²) in [6, 6.07) is 23.3. The van der Waals surface area contributed by atoms with Gasteiger partial charge in [-0.05, 0) is 81.4 Å². The van der Waals surface area contributed by atoms with Crippen molar-refractivity contribution in [2.75, 3.05) is 7.11 Å². The van der Waals surface area contributed by atoms with Gasteiger partial charge in [0.2, 0.25) is 0 Å². The monoisotopic (exact) mass is 456 g/mol. The summed E-state index contributed by atoms with van der Waals surface area (Å²) in [4.78, 5) is 0. The van der Waals surface area contributed by atoms with Crippen molar-refractivity contribution in [1.82, 2.24) is 0 Å². The molecule has 0 aliphatic heterocycles. The van der Waals surface area contributed by atoms with E-state index in [0.29, 0.717) is 25.9 Å². The second kappa shape index (κ2) is 10.3. The molecule has 0 saturated heterocycles. The lowest BCUT2D eigenvalue weighted by Gasteiger charge is -2.15. The molecule has 4 rings (SSSR count). The van der Waals surface area contributed by atoms with E-state index in [4.69, 9.17) is 4.74 Å². The topological polar surface area (TPSA) is 90.2 Å². The van der Waals surface area contributed by atoms with Gasteiger partial charge in [0, 0.05) is 26.4 Å². The van der Waals surface area contributed by atoms with Crippen LogP contribution in [0.25, 0.3) is 0 Å². The van der Waals surface area contributed by atoms with Crippen LogP contribution in [-0.2, 0) is 30.6 Å². The molecule has 5 nitrogen and oxygen atoms in total. The Labute approximate surface area is 199 Å². The first kappa shape index (κ1) is 23.2. The Morgan fingerprint density at radius 2 is 0.971 bits per heavy atom. The first-order valence-corrected chi connectivity index (χ1v) is 11.1. The van der Waals surface area contributed by atoms with Gasteiger partial charge in [-0.3, -0.25) is 0 Å². The van der Waals surface area contributed by atoms with E-state index in [2.05, 4.69) is 0 Å². The lowest BCUT2D eigenvalue weighted by Crippen LogP contribution is -2.00. The maximum Gasteiger partial charge on any atom is 0.122 e. The number of methoxy groups -OCH3 is 1. The summed E-state index contributed by atoms with van der Waals surface area (Å²) in [6.07, 6.45) is 1.55. The van der Waals surface area contributed by atoms with E-state index >= 15 is 0 Å². The molecule has 34 heavy (non-hydrogen) atoms. The Hall–Kier alpha value is -3.96. The number of benzene rings is 4. The normalized spacial score (nSPS) is 11.0. The molecule has 4 aromatic rings. The molecule has 0 amide bonds. The fraction of sp³-hybridized carbons (Fsp3) is 0.172. The van der Waals surface area contributed by atoms with Gasteiger partial charge in [-0.25, -0.2) is 0 Å². The van der Waals surface area contributed by atoms with Gasteiger partial charge in [-0.2, -0.15) is 0 Å². The van der Waals surface area contributed by atoms with Crippen molar-refractivity contribution in [2.45, 2.75) is 25.9 Å². The van der Waals surface area contributed by atoms with Gasteiger partial charge < -0.3 is 25.2 Å². The number of aromatic hydroxyl groups is 4. The highest BCUT2D eigenvalue weighted by atomic mass is 16.5. The SMILES string of the molecule is COCc1cc(Cc2ccc(O)cc2)c(O)c(Cc2ccc(O)c(Cc3ccc(O)cc3)c2)c1. The van der Waals surface area contributed by atoms with Gasteiger partial charge in [0.1, 0.15) is 23.0 Å². The summed E-state index contributed by atoms with van der Waals surface area (Å²) >= 11 is 0. The molecule has 0 heterocycles. The molecule has 0 atom stereocenters. The van der Waals surface area contributed by atoms with Gasteiger partial charge in [0.05, 0.1) is 6.61 Å². The number of rotatable bonds is 8. The molecule has 0 aliphatic rings. The molecule has 0 spiro atoms. The Bertz CT molecular complexity index is 1260. The third-order valence-corrected chi connectivity index (χ3v) is 5.84. The van der Waals surface area contributed by atoms with E-state index in [1.807, 2.05) is 48.5 Å². The average Bonchev–Trinajstić information content (AvgIpc) is 2.82. The summed E-state index contributed by atoms with van der Waals surface area (Å²) in [7, 11) is 1.64. The number of phenols is 4. The summed E-state index contributed by atoms with van der Waals surface area (Å²) in [6.45, 7) is 0.428. The minimum Gasteiger partial charge on any atom is -0.508 e. The number of phenolic OH excluding ortho intramolecular Hbond substituents is 4. The van der Waals surface area contributed by atoms with Crippen molar-refractivity contribution in [3.63, 3.8) is 0 Å². The molecule has 0 fully saturated rings. The van der Waals surface area contributed by atoms with Crippen LogP contribution in [0.2, 0.25) is 0 Å². The van der Waals surface area contributed by atoms with Crippen molar-refractivity contribution in [1.29, 1.82) is 0 Å². The number of ether oxygens (including phenoxy) is 1. The standard InChI is InChI=1S/C29H28O5/c1-34-18-22-16-24(13-20-4-9-27(31)10-5-20)29(33)25(17-22)15-21-6-11-28(32)23(14-21)12-19-2-7-26(30)8-3-19/h2-11,14,16-17,30-33H,12-13,15,18H2,1H3. The second-order valence-electron chi connectivity index (χ2n) is 8.52. The van der Waals surface area contributed by atoms with Crippen molar-refractivity contribution >= 4 is 0 Å². The fourth-order valence-corrected chi connectivity index (χ4v) is 4.13. The van der Waals surface area contributed by atoms with Crippen molar-refractivity contribution in [3.05, 3.63) is 118 Å². The zero-order valence-corrected chi connectivity index (χ0v) is 19.0. The molecule has 4 aromatic carbocycles. The lowest BCUT2D eigenvalue weighted by molar-refractivity contribution is 0.184. The highest BCUT2D eigenvalue weighted by molar-refractivity contribution is 5.49. The van der Waals surface area contributed by atoms with Crippen LogP contribution in [-0.4, -0.2) is 27.5 Å². The Morgan fingerprint density at radius 3 is 1.50 bits per heavy atom. The zero-order valence-electron chi connectivity index (χ0n) is 19.0. The first-order chi connectivity index (χ1) is 16.4. The van der Waals surface area contributed by atoms with Crippen LogP contribution in [0.5, 0.6) is 23.0 Å². The summed E-state index contributed by atoms with van der Waals surface area (Å²) in [5.41, 5.74) is 6.24. The van der Waals surface area contributed by atoms with E-state index in [-0.39, 0.29) is 23.0 Å². The molecule has 0 unspecified atom stereocenters. The minimum atomic E-state index is 0.205. The van der Waals surface area contributed by atoms with Crippen molar-refractivity contribution < 1.29 is 25.2 Å². The highest BCUT2D eigenvalue weighted by Crippen LogP contribution is 2.31. The zero-order chi connectivity index (χ0) is 24.1. The van der Waals surface area contributed by atoms with E-state index < -0.39 is 0 Å². The van der Waals surface area contributed by atoms with Gasteiger partial charge in [-0.15, -0.1) is 0 Å². The summed E-state index contributed by atoms with van der Waals surface area (Å²) in [5.74, 6) is 0.858. The van der Waals surface area contributed by atoms with E-state index in [0.717, 1.165) is 38.9 Å². The van der Waals surface area contributed by atoms with Crippen molar-refractivity contribution in [2.24, 2.45) is 0 Å². The smallest absolute Gasteiger partial charge is 0.122 e. The molecule has 0 radical (unpaired) electrons. The van der Waals surface area contributed by atoms with E-state index in [1.54, 1.807) is 37.4 Å². The molecular weight excluding hydrogens is 428 g/mol. The van der Waals surface area contributed by atoms with Gasteiger partial charge in [0.15, 0.2) is 0 Å². The molecule has 0 saturated carbocycles. The van der Waals surface area contributed by atoms with Crippen molar-refractivity contribution in [3.8, 4) is 23.0 Å². The van der Waals surface area contributed by atoms with Gasteiger partial charge >= 0.3 is 0 Å². The Balaban J connectivity index is 1.62. The first-order valence-electron chi connectivity index (χ1n) is 11.1. The van der Waals surface area contributed by atoms with E-state index in [9.17, 15) is 20.4 Å². The molecule has 4 N–H and O–H groups in total. The largest absolute Gasteiger partial charge is 0.508 e. The van der Waals surface area contributed by atoms with Crippen LogP contribution in [0.3, 0.4) is 0 Å². The second-order valence-corrected chi connectivity index (χ2v) is 8.52. The summed E-state index contributed by atoms with van der Waals surface area (Å²) < 4.78 is 5.34. The van der Waals surface area contributed by atoms with Crippen LogP contribution in [0.4, 0.5) is 0 Å². The third kappa shape index (κ3) is 5.69. The molecule has 0 aromatic heterocycles. The predicted molar refractivity (Wildman–Crippen MR) is 132 cm³/mol. The molecule has 174 valence electrons. The Kier molecular flexibility index (Phi) is 7.04. The van der Waals surface area contributed by atoms with Gasteiger partial charge in [-0.1, -0.05) is 36.4 Å². The predicted octanol–water partition coefficient (Wildman–Crippen LogP) is 5.43. The lowest BCUT2D eigenvalue weighted by atomic mass is 9.93. The number of hydrogen-bond acceptors (Lipinski definition) is 5.